The Morgan fingerprint density at radius 3 is 2.72 bits per heavy atom. The maximum atomic E-state index is 3.75. The SMILES string of the molecule is CCC(Cc1ccccc1)NCC1CCCN1C. The molecule has 2 atom stereocenters. The Bertz CT molecular complexity index is 336. The number of rotatable bonds is 6. The topological polar surface area (TPSA) is 15.3 Å². The van der Waals surface area contributed by atoms with Crippen LogP contribution in [0, 0.1) is 0 Å². The molecular weight excluding hydrogens is 220 g/mol. The van der Waals surface area contributed by atoms with Crippen LogP contribution in [0.4, 0.5) is 0 Å². The first-order valence-corrected chi connectivity index (χ1v) is 7.27. The van der Waals surface area contributed by atoms with Gasteiger partial charge in [-0.2, -0.15) is 0 Å². The third-order valence-corrected chi connectivity index (χ3v) is 4.13. The van der Waals surface area contributed by atoms with E-state index in [0.717, 1.165) is 19.0 Å². The minimum atomic E-state index is 0.612. The summed E-state index contributed by atoms with van der Waals surface area (Å²) in [6.45, 7) is 4.68. The molecule has 1 fully saturated rings. The minimum absolute atomic E-state index is 0.612. The highest BCUT2D eigenvalue weighted by Gasteiger charge is 2.21. The van der Waals surface area contributed by atoms with Crippen molar-refractivity contribution in [3.8, 4) is 0 Å². The first kappa shape index (κ1) is 13.6. The monoisotopic (exact) mass is 246 g/mol. The molecule has 2 unspecified atom stereocenters. The average Bonchev–Trinajstić information content (AvgIpc) is 2.81. The normalized spacial score (nSPS) is 22.2. The summed E-state index contributed by atoms with van der Waals surface area (Å²) in [5, 5.41) is 3.75. The Labute approximate surface area is 111 Å². The van der Waals surface area contributed by atoms with E-state index in [1.807, 2.05) is 0 Å². The molecule has 1 N–H and O–H groups in total. The fraction of sp³-hybridized carbons (Fsp3) is 0.625. The number of likely N-dealkylation sites (tertiary alicyclic amines) is 1. The average molecular weight is 246 g/mol. The van der Waals surface area contributed by atoms with Crippen molar-refractivity contribution in [2.24, 2.45) is 0 Å². The Kier molecular flexibility index (Phi) is 5.21. The van der Waals surface area contributed by atoms with Crippen LogP contribution in [-0.2, 0) is 6.42 Å². The third-order valence-electron chi connectivity index (χ3n) is 4.13. The summed E-state index contributed by atoms with van der Waals surface area (Å²) >= 11 is 0. The lowest BCUT2D eigenvalue weighted by Crippen LogP contribution is -2.41. The van der Waals surface area contributed by atoms with Gasteiger partial charge in [-0.05, 0) is 44.8 Å². The third kappa shape index (κ3) is 3.82. The molecule has 1 aliphatic heterocycles. The van der Waals surface area contributed by atoms with Crippen molar-refractivity contribution >= 4 is 0 Å². The van der Waals surface area contributed by atoms with Crippen LogP contribution < -0.4 is 5.32 Å². The predicted molar refractivity (Wildman–Crippen MR) is 77.9 cm³/mol. The number of nitrogens with zero attached hydrogens (tertiary/aromatic N) is 1. The van der Waals surface area contributed by atoms with E-state index in [2.05, 4.69) is 54.5 Å². The molecule has 18 heavy (non-hydrogen) atoms. The first-order chi connectivity index (χ1) is 8.79. The van der Waals surface area contributed by atoms with Crippen molar-refractivity contribution < 1.29 is 0 Å². The zero-order valence-corrected chi connectivity index (χ0v) is 11.7. The van der Waals surface area contributed by atoms with Gasteiger partial charge in [-0.3, -0.25) is 0 Å². The number of hydrogen-bond donors (Lipinski definition) is 1. The van der Waals surface area contributed by atoms with Crippen molar-refractivity contribution in [3.63, 3.8) is 0 Å². The standard InChI is InChI=1S/C16H26N2/c1-3-15(12-14-8-5-4-6-9-14)17-13-16-10-7-11-18(16)2/h4-6,8-9,15-17H,3,7,10-13H2,1-2H3. The number of hydrogen-bond acceptors (Lipinski definition) is 2. The van der Waals surface area contributed by atoms with E-state index in [4.69, 9.17) is 0 Å². The number of nitrogens with one attached hydrogen (secondary N) is 1. The largest absolute Gasteiger partial charge is 0.312 e. The van der Waals surface area contributed by atoms with Crippen LogP contribution >= 0.6 is 0 Å². The van der Waals surface area contributed by atoms with E-state index in [9.17, 15) is 0 Å². The highest BCUT2D eigenvalue weighted by molar-refractivity contribution is 5.15. The van der Waals surface area contributed by atoms with E-state index < -0.39 is 0 Å². The van der Waals surface area contributed by atoms with Crippen LogP contribution in [0.2, 0.25) is 0 Å². The molecule has 1 saturated heterocycles. The second-order valence-electron chi connectivity index (χ2n) is 5.48. The van der Waals surface area contributed by atoms with Gasteiger partial charge in [0.25, 0.3) is 0 Å². The minimum Gasteiger partial charge on any atom is -0.312 e. The highest BCUT2D eigenvalue weighted by atomic mass is 15.2. The molecule has 2 nitrogen and oxygen atoms in total. The van der Waals surface area contributed by atoms with Gasteiger partial charge in [-0.1, -0.05) is 37.3 Å². The molecule has 1 aliphatic rings. The van der Waals surface area contributed by atoms with Gasteiger partial charge >= 0.3 is 0 Å². The Balaban J connectivity index is 1.79. The van der Waals surface area contributed by atoms with Gasteiger partial charge in [0.1, 0.15) is 0 Å². The van der Waals surface area contributed by atoms with Crippen LogP contribution in [0.5, 0.6) is 0 Å². The molecule has 2 heteroatoms. The van der Waals surface area contributed by atoms with E-state index in [1.54, 1.807) is 0 Å². The predicted octanol–water partition coefficient (Wildman–Crippen LogP) is 2.69. The smallest absolute Gasteiger partial charge is 0.0218 e. The lowest BCUT2D eigenvalue weighted by Gasteiger charge is -2.24. The maximum Gasteiger partial charge on any atom is 0.0218 e. The molecule has 0 saturated carbocycles. The van der Waals surface area contributed by atoms with Crippen LogP contribution in [0.1, 0.15) is 31.7 Å². The number of likely N-dealkylation sites (N-methyl/N-ethyl adjacent to an activating group) is 1. The molecule has 1 heterocycles. The molecule has 2 rings (SSSR count). The van der Waals surface area contributed by atoms with Crippen LogP contribution in [0.3, 0.4) is 0 Å². The zero-order valence-electron chi connectivity index (χ0n) is 11.7. The van der Waals surface area contributed by atoms with Crippen molar-refractivity contribution in [2.45, 2.75) is 44.7 Å². The van der Waals surface area contributed by atoms with Gasteiger partial charge in [0, 0.05) is 18.6 Å². The van der Waals surface area contributed by atoms with Gasteiger partial charge in [0.05, 0.1) is 0 Å². The van der Waals surface area contributed by atoms with Crippen molar-refractivity contribution in [1.29, 1.82) is 0 Å². The second kappa shape index (κ2) is 6.91. The molecule has 100 valence electrons. The summed E-state index contributed by atoms with van der Waals surface area (Å²) in [5.41, 5.74) is 1.44. The van der Waals surface area contributed by atoms with Crippen LogP contribution in [0.25, 0.3) is 0 Å². The lowest BCUT2D eigenvalue weighted by molar-refractivity contribution is 0.289. The van der Waals surface area contributed by atoms with E-state index in [1.165, 1.54) is 31.4 Å². The first-order valence-electron chi connectivity index (χ1n) is 7.27. The fourth-order valence-electron chi connectivity index (χ4n) is 2.80. The van der Waals surface area contributed by atoms with Gasteiger partial charge in [-0.25, -0.2) is 0 Å². The van der Waals surface area contributed by atoms with Gasteiger partial charge in [-0.15, -0.1) is 0 Å². The zero-order chi connectivity index (χ0) is 12.8. The van der Waals surface area contributed by atoms with Crippen molar-refractivity contribution in [2.75, 3.05) is 20.1 Å². The number of benzene rings is 1. The van der Waals surface area contributed by atoms with Crippen LogP contribution in [-0.4, -0.2) is 37.1 Å². The second-order valence-corrected chi connectivity index (χ2v) is 5.48. The molecule has 1 aromatic rings. The summed E-state index contributed by atoms with van der Waals surface area (Å²) < 4.78 is 0. The van der Waals surface area contributed by atoms with Crippen LogP contribution in [0.15, 0.2) is 30.3 Å². The summed E-state index contributed by atoms with van der Waals surface area (Å²) in [5.74, 6) is 0. The summed E-state index contributed by atoms with van der Waals surface area (Å²) in [4.78, 5) is 2.49. The summed E-state index contributed by atoms with van der Waals surface area (Å²) in [6.07, 6.45) is 5.06. The van der Waals surface area contributed by atoms with Gasteiger partial charge in [0.15, 0.2) is 0 Å². The molecule has 0 aromatic heterocycles. The molecule has 0 aliphatic carbocycles. The molecule has 0 bridgehead atoms. The molecule has 0 amide bonds. The van der Waals surface area contributed by atoms with E-state index in [-0.39, 0.29) is 0 Å². The fourth-order valence-corrected chi connectivity index (χ4v) is 2.80. The molecule has 1 aromatic carbocycles. The highest BCUT2D eigenvalue weighted by Crippen LogP contribution is 2.14. The lowest BCUT2D eigenvalue weighted by atomic mass is 10.0. The summed E-state index contributed by atoms with van der Waals surface area (Å²) in [6, 6.07) is 12.2. The maximum absolute atomic E-state index is 3.75. The van der Waals surface area contributed by atoms with Gasteiger partial charge in [0.2, 0.25) is 0 Å². The van der Waals surface area contributed by atoms with Crippen molar-refractivity contribution in [3.05, 3.63) is 35.9 Å². The Morgan fingerprint density at radius 2 is 2.11 bits per heavy atom. The quantitative estimate of drug-likeness (QED) is 0.830. The Morgan fingerprint density at radius 1 is 1.33 bits per heavy atom. The molecule has 0 radical (unpaired) electrons. The van der Waals surface area contributed by atoms with E-state index in [0.29, 0.717) is 6.04 Å². The van der Waals surface area contributed by atoms with Gasteiger partial charge < -0.3 is 10.2 Å². The molecular formula is C16H26N2. The molecule has 0 spiro atoms. The summed E-state index contributed by atoms with van der Waals surface area (Å²) in [7, 11) is 2.25. The van der Waals surface area contributed by atoms with E-state index >= 15 is 0 Å². The van der Waals surface area contributed by atoms with Crippen molar-refractivity contribution in [1.82, 2.24) is 10.2 Å². The Hall–Kier alpha value is -0.860.